The second kappa shape index (κ2) is 5.81. The van der Waals surface area contributed by atoms with Gasteiger partial charge in [0.15, 0.2) is 0 Å². The fourth-order valence-electron chi connectivity index (χ4n) is 2.24. The van der Waals surface area contributed by atoms with E-state index in [1.807, 2.05) is 24.3 Å². The van der Waals surface area contributed by atoms with Gasteiger partial charge in [-0.05, 0) is 18.2 Å². The van der Waals surface area contributed by atoms with Crippen LogP contribution >= 0.6 is 0 Å². The predicted octanol–water partition coefficient (Wildman–Crippen LogP) is 3.72. The lowest BCUT2D eigenvalue weighted by Crippen LogP contribution is -1.97. The molecule has 0 unspecified atom stereocenters. The molecule has 2 aromatic carbocycles. The van der Waals surface area contributed by atoms with E-state index >= 15 is 0 Å². The lowest BCUT2D eigenvalue weighted by atomic mass is 10.1. The summed E-state index contributed by atoms with van der Waals surface area (Å²) in [6, 6.07) is 12.3. The van der Waals surface area contributed by atoms with Crippen LogP contribution in [-0.2, 0) is 6.61 Å². The number of hydrogen-bond donors (Lipinski definition) is 1. The number of aromatic carboxylic acids is 1. The smallest absolute Gasteiger partial charge is 0.339 e. The first-order chi connectivity index (χ1) is 10.7. The van der Waals surface area contributed by atoms with E-state index in [2.05, 4.69) is 0 Å². The summed E-state index contributed by atoms with van der Waals surface area (Å²) in [5.74, 6) is 0.367. The number of furan rings is 1. The molecule has 0 amide bonds. The van der Waals surface area contributed by atoms with Crippen molar-refractivity contribution in [3.8, 4) is 11.5 Å². The monoisotopic (exact) mass is 298 g/mol. The summed E-state index contributed by atoms with van der Waals surface area (Å²) < 4.78 is 16.2. The second-order valence-corrected chi connectivity index (χ2v) is 4.72. The van der Waals surface area contributed by atoms with E-state index in [4.69, 9.17) is 19.0 Å². The van der Waals surface area contributed by atoms with Crippen LogP contribution in [0.1, 0.15) is 15.9 Å². The molecule has 0 saturated carbocycles. The van der Waals surface area contributed by atoms with Crippen molar-refractivity contribution in [3.63, 3.8) is 0 Å². The molecule has 3 aromatic rings. The van der Waals surface area contributed by atoms with E-state index in [9.17, 15) is 4.79 Å². The predicted molar refractivity (Wildman–Crippen MR) is 80.5 cm³/mol. The van der Waals surface area contributed by atoms with Crippen LogP contribution < -0.4 is 9.47 Å². The van der Waals surface area contributed by atoms with Gasteiger partial charge in [0.05, 0.1) is 13.4 Å². The molecule has 0 radical (unpaired) electrons. The maximum atomic E-state index is 11.2. The number of fused-ring (bicyclic) bond motifs is 1. The summed E-state index contributed by atoms with van der Waals surface area (Å²) in [6.45, 7) is 0.281. The van der Waals surface area contributed by atoms with Gasteiger partial charge >= 0.3 is 5.97 Å². The molecule has 1 aromatic heterocycles. The zero-order valence-electron chi connectivity index (χ0n) is 11.9. The molecule has 5 nitrogen and oxygen atoms in total. The molecule has 1 N–H and O–H groups in total. The molecule has 3 rings (SSSR count). The number of para-hydroxylation sites is 1. The molecule has 5 heteroatoms. The summed E-state index contributed by atoms with van der Waals surface area (Å²) in [6.07, 6.45) is 1.53. The van der Waals surface area contributed by atoms with Crippen LogP contribution in [0.4, 0.5) is 0 Å². The van der Waals surface area contributed by atoms with Crippen LogP contribution in [-0.4, -0.2) is 18.2 Å². The minimum absolute atomic E-state index is 0.144. The fraction of sp³-hybridized carbons (Fsp3) is 0.118. The molecular weight excluding hydrogens is 284 g/mol. The van der Waals surface area contributed by atoms with Crippen LogP contribution in [0.2, 0.25) is 0 Å². The largest absolute Gasteiger partial charge is 0.497 e. The fourth-order valence-corrected chi connectivity index (χ4v) is 2.24. The van der Waals surface area contributed by atoms with E-state index < -0.39 is 5.97 Å². The van der Waals surface area contributed by atoms with E-state index in [1.54, 1.807) is 19.2 Å². The third-order valence-electron chi connectivity index (χ3n) is 3.35. The van der Waals surface area contributed by atoms with E-state index in [1.165, 1.54) is 12.3 Å². The minimum atomic E-state index is -1.01. The molecule has 1 heterocycles. The summed E-state index contributed by atoms with van der Waals surface area (Å²) in [5.41, 5.74) is 1.30. The molecule has 0 aliphatic carbocycles. The van der Waals surface area contributed by atoms with Gasteiger partial charge in [0.2, 0.25) is 0 Å². The maximum absolute atomic E-state index is 11.2. The van der Waals surface area contributed by atoms with Gasteiger partial charge < -0.3 is 19.0 Å². The molecule has 0 bridgehead atoms. The number of rotatable bonds is 5. The Kier molecular flexibility index (Phi) is 3.70. The molecular formula is C17H14O5. The highest BCUT2D eigenvalue weighted by Gasteiger charge is 2.14. The number of methoxy groups -OCH3 is 1. The third kappa shape index (κ3) is 2.61. The van der Waals surface area contributed by atoms with Gasteiger partial charge in [-0.15, -0.1) is 0 Å². The van der Waals surface area contributed by atoms with Gasteiger partial charge in [0.1, 0.15) is 29.3 Å². The zero-order chi connectivity index (χ0) is 15.5. The molecule has 0 spiro atoms. The molecule has 22 heavy (non-hydrogen) atoms. The Morgan fingerprint density at radius 3 is 2.73 bits per heavy atom. The van der Waals surface area contributed by atoms with Gasteiger partial charge in [-0.1, -0.05) is 18.2 Å². The summed E-state index contributed by atoms with van der Waals surface area (Å²) >= 11 is 0. The van der Waals surface area contributed by atoms with Crippen molar-refractivity contribution in [1.29, 1.82) is 0 Å². The zero-order valence-corrected chi connectivity index (χ0v) is 11.9. The number of carboxylic acid groups (broad SMARTS) is 1. The first-order valence-corrected chi connectivity index (χ1v) is 6.68. The molecule has 0 aliphatic rings. The van der Waals surface area contributed by atoms with Gasteiger partial charge in [0.25, 0.3) is 0 Å². The Hall–Kier alpha value is -2.95. The third-order valence-corrected chi connectivity index (χ3v) is 3.35. The Morgan fingerprint density at radius 1 is 1.18 bits per heavy atom. The van der Waals surface area contributed by atoms with Gasteiger partial charge in [-0.2, -0.15) is 0 Å². The lowest BCUT2D eigenvalue weighted by Gasteiger charge is -2.06. The number of hydrogen-bond acceptors (Lipinski definition) is 4. The van der Waals surface area contributed by atoms with Crippen LogP contribution in [0.3, 0.4) is 0 Å². The average Bonchev–Trinajstić information content (AvgIpc) is 2.96. The van der Waals surface area contributed by atoms with Crippen molar-refractivity contribution < 1.29 is 23.8 Å². The molecule has 0 aliphatic heterocycles. The van der Waals surface area contributed by atoms with Crippen molar-refractivity contribution in [2.45, 2.75) is 6.61 Å². The number of benzene rings is 2. The highest BCUT2D eigenvalue weighted by molar-refractivity contribution is 6.01. The Morgan fingerprint density at radius 2 is 1.95 bits per heavy atom. The summed E-state index contributed by atoms with van der Waals surface area (Å²) in [7, 11) is 1.59. The minimum Gasteiger partial charge on any atom is -0.497 e. The van der Waals surface area contributed by atoms with Crippen molar-refractivity contribution >= 4 is 16.9 Å². The summed E-state index contributed by atoms with van der Waals surface area (Å²) in [5, 5.41) is 9.89. The average molecular weight is 298 g/mol. The van der Waals surface area contributed by atoms with Gasteiger partial charge in [0, 0.05) is 17.0 Å². The van der Waals surface area contributed by atoms with Crippen molar-refractivity contribution in [3.05, 3.63) is 59.9 Å². The van der Waals surface area contributed by atoms with Crippen LogP contribution in [0.5, 0.6) is 11.5 Å². The maximum Gasteiger partial charge on any atom is 0.339 e. The molecule has 0 saturated heterocycles. The van der Waals surface area contributed by atoms with Crippen molar-refractivity contribution in [1.82, 2.24) is 0 Å². The van der Waals surface area contributed by atoms with Crippen molar-refractivity contribution in [2.75, 3.05) is 7.11 Å². The number of ether oxygens (including phenoxy) is 2. The Bertz CT molecular complexity index is 819. The van der Waals surface area contributed by atoms with E-state index in [0.29, 0.717) is 17.1 Å². The number of carbonyl (C=O) groups is 1. The van der Waals surface area contributed by atoms with E-state index in [0.717, 1.165) is 10.9 Å². The quantitative estimate of drug-likeness (QED) is 0.777. The first kappa shape index (κ1) is 14.0. The van der Waals surface area contributed by atoms with Crippen LogP contribution in [0.25, 0.3) is 11.0 Å². The highest BCUT2D eigenvalue weighted by Crippen LogP contribution is 2.26. The number of carboxylic acids is 1. The first-order valence-electron chi connectivity index (χ1n) is 6.68. The van der Waals surface area contributed by atoms with Gasteiger partial charge in [-0.25, -0.2) is 4.79 Å². The Balaban J connectivity index is 1.85. The SMILES string of the molecule is COc1cccc(OCc2coc3c(C(=O)O)cccc23)c1. The Labute approximate surface area is 126 Å². The van der Waals surface area contributed by atoms with Crippen LogP contribution in [0.15, 0.2) is 53.1 Å². The normalized spacial score (nSPS) is 10.6. The summed E-state index contributed by atoms with van der Waals surface area (Å²) in [4.78, 5) is 11.2. The lowest BCUT2D eigenvalue weighted by molar-refractivity contribution is 0.0698. The second-order valence-electron chi connectivity index (χ2n) is 4.72. The topological polar surface area (TPSA) is 68.9 Å². The molecule has 0 atom stereocenters. The van der Waals surface area contributed by atoms with Gasteiger partial charge in [-0.3, -0.25) is 0 Å². The molecule has 112 valence electrons. The molecule has 0 fully saturated rings. The van der Waals surface area contributed by atoms with Crippen molar-refractivity contribution in [2.24, 2.45) is 0 Å². The highest BCUT2D eigenvalue weighted by atomic mass is 16.5. The van der Waals surface area contributed by atoms with E-state index in [-0.39, 0.29) is 12.2 Å². The standard InChI is InChI=1S/C17H14O5/c1-20-12-4-2-5-13(8-12)21-9-11-10-22-16-14(11)6-3-7-15(16)17(18)19/h2-8,10H,9H2,1H3,(H,18,19). The van der Waals surface area contributed by atoms with Crippen LogP contribution in [0, 0.1) is 0 Å².